The van der Waals surface area contributed by atoms with Crippen molar-refractivity contribution >= 4 is 23.4 Å². The Kier molecular flexibility index (Phi) is 4.85. The van der Waals surface area contributed by atoms with Crippen molar-refractivity contribution in [3.05, 3.63) is 36.4 Å². The molecular formula is C13H16N4OS. The van der Waals surface area contributed by atoms with E-state index in [9.17, 15) is 0 Å². The van der Waals surface area contributed by atoms with Crippen LogP contribution in [-0.2, 0) is 0 Å². The van der Waals surface area contributed by atoms with Crippen LogP contribution in [-0.4, -0.2) is 22.3 Å². The summed E-state index contributed by atoms with van der Waals surface area (Å²) in [6.45, 7) is 0.662. The highest BCUT2D eigenvalue weighted by Gasteiger charge is 2.01. The fourth-order valence-electron chi connectivity index (χ4n) is 1.46. The molecule has 1 aromatic carbocycles. The molecule has 0 atom stereocenters. The third kappa shape index (κ3) is 4.67. The van der Waals surface area contributed by atoms with E-state index in [0.717, 1.165) is 17.9 Å². The van der Waals surface area contributed by atoms with Crippen molar-refractivity contribution in [2.75, 3.05) is 23.8 Å². The Labute approximate surface area is 116 Å². The number of nitrogens with zero attached hydrogens (tertiary/aromatic N) is 2. The summed E-state index contributed by atoms with van der Waals surface area (Å²) in [5.74, 6) is 2.54. The zero-order valence-electron chi connectivity index (χ0n) is 10.5. The van der Waals surface area contributed by atoms with Crippen molar-refractivity contribution in [3.8, 4) is 5.75 Å². The van der Waals surface area contributed by atoms with Crippen LogP contribution in [0.4, 0.5) is 11.6 Å². The molecule has 1 aromatic heterocycles. The van der Waals surface area contributed by atoms with Gasteiger partial charge in [0.15, 0.2) is 5.16 Å². The molecule has 0 saturated heterocycles. The fourth-order valence-corrected chi connectivity index (χ4v) is 2.24. The molecule has 2 aromatic rings. The van der Waals surface area contributed by atoms with E-state index in [1.54, 1.807) is 6.07 Å². The Morgan fingerprint density at radius 3 is 2.42 bits per heavy atom. The third-order valence-electron chi connectivity index (χ3n) is 2.28. The summed E-state index contributed by atoms with van der Waals surface area (Å²) in [7, 11) is 0. The largest absolute Gasteiger partial charge is 0.494 e. The van der Waals surface area contributed by atoms with Crippen LogP contribution in [0.1, 0.15) is 6.42 Å². The van der Waals surface area contributed by atoms with Crippen molar-refractivity contribution < 1.29 is 4.74 Å². The van der Waals surface area contributed by atoms with Gasteiger partial charge in [-0.3, -0.25) is 0 Å². The molecule has 0 spiro atoms. The zero-order valence-corrected chi connectivity index (χ0v) is 11.3. The van der Waals surface area contributed by atoms with Crippen LogP contribution in [0.15, 0.2) is 41.6 Å². The summed E-state index contributed by atoms with van der Waals surface area (Å²) in [5.41, 5.74) is 11.2. The van der Waals surface area contributed by atoms with Gasteiger partial charge in [-0.05, 0) is 18.6 Å². The lowest BCUT2D eigenvalue weighted by Gasteiger charge is -2.05. The number of para-hydroxylation sites is 1. The topological polar surface area (TPSA) is 87.1 Å². The zero-order chi connectivity index (χ0) is 13.5. The maximum atomic E-state index is 5.60. The molecule has 2 rings (SSSR count). The molecule has 0 unspecified atom stereocenters. The van der Waals surface area contributed by atoms with Crippen LogP contribution >= 0.6 is 11.8 Å². The number of benzene rings is 1. The Hall–Kier alpha value is -1.95. The van der Waals surface area contributed by atoms with Gasteiger partial charge >= 0.3 is 0 Å². The van der Waals surface area contributed by atoms with E-state index in [-0.39, 0.29) is 0 Å². The Bertz CT molecular complexity index is 501. The highest BCUT2D eigenvalue weighted by molar-refractivity contribution is 7.99. The van der Waals surface area contributed by atoms with E-state index in [1.807, 2.05) is 30.3 Å². The first-order valence-electron chi connectivity index (χ1n) is 5.95. The predicted molar refractivity (Wildman–Crippen MR) is 78.1 cm³/mol. The number of nitrogens with two attached hydrogens (primary N) is 2. The number of anilines is 2. The molecule has 0 aliphatic carbocycles. The van der Waals surface area contributed by atoms with Crippen LogP contribution in [0.25, 0.3) is 0 Å². The summed E-state index contributed by atoms with van der Waals surface area (Å²) in [6, 6.07) is 11.3. The predicted octanol–water partition coefficient (Wildman–Crippen LogP) is 2.20. The van der Waals surface area contributed by atoms with Crippen molar-refractivity contribution in [1.82, 2.24) is 9.97 Å². The lowest BCUT2D eigenvalue weighted by molar-refractivity contribution is 0.318. The minimum Gasteiger partial charge on any atom is -0.494 e. The van der Waals surface area contributed by atoms with Gasteiger partial charge in [-0.15, -0.1) is 0 Å². The normalized spacial score (nSPS) is 10.3. The van der Waals surface area contributed by atoms with Gasteiger partial charge in [-0.1, -0.05) is 30.0 Å². The Balaban J connectivity index is 1.69. The van der Waals surface area contributed by atoms with Gasteiger partial charge in [0.25, 0.3) is 0 Å². The molecule has 19 heavy (non-hydrogen) atoms. The van der Waals surface area contributed by atoms with Crippen molar-refractivity contribution in [2.45, 2.75) is 11.6 Å². The minimum atomic E-state index is 0.399. The fraction of sp³-hybridized carbons (Fsp3) is 0.231. The van der Waals surface area contributed by atoms with Crippen LogP contribution in [0.3, 0.4) is 0 Å². The summed E-state index contributed by atoms with van der Waals surface area (Å²) in [4.78, 5) is 8.20. The van der Waals surface area contributed by atoms with Crippen molar-refractivity contribution in [3.63, 3.8) is 0 Å². The highest BCUT2D eigenvalue weighted by atomic mass is 32.2. The number of hydrogen-bond donors (Lipinski definition) is 2. The quantitative estimate of drug-likeness (QED) is 0.478. The van der Waals surface area contributed by atoms with Crippen molar-refractivity contribution in [1.29, 1.82) is 0 Å². The second kappa shape index (κ2) is 6.84. The summed E-state index contributed by atoms with van der Waals surface area (Å²) < 4.78 is 5.59. The maximum Gasteiger partial charge on any atom is 0.191 e. The van der Waals surface area contributed by atoms with Gasteiger partial charge in [0.05, 0.1) is 6.61 Å². The minimum absolute atomic E-state index is 0.399. The lowest BCUT2D eigenvalue weighted by Crippen LogP contribution is -2.01. The van der Waals surface area contributed by atoms with Crippen LogP contribution in [0, 0.1) is 0 Å². The van der Waals surface area contributed by atoms with Crippen molar-refractivity contribution in [2.24, 2.45) is 0 Å². The first-order valence-corrected chi connectivity index (χ1v) is 6.93. The SMILES string of the molecule is Nc1cc(N)nc(SCCCOc2ccccc2)n1. The smallest absolute Gasteiger partial charge is 0.191 e. The molecule has 0 aliphatic heterocycles. The monoisotopic (exact) mass is 276 g/mol. The van der Waals surface area contributed by atoms with E-state index >= 15 is 0 Å². The van der Waals surface area contributed by atoms with E-state index in [1.165, 1.54) is 11.8 Å². The molecule has 0 radical (unpaired) electrons. The average Bonchev–Trinajstić information content (AvgIpc) is 2.38. The molecule has 0 fully saturated rings. The molecule has 1 heterocycles. The van der Waals surface area contributed by atoms with Gasteiger partial charge in [0, 0.05) is 11.8 Å². The van der Waals surface area contributed by atoms with Crippen LogP contribution < -0.4 is 16.2 Å². The molecule has 0 aliphatic rings. The molecule has 0 bridgehead atoms. The maximum absolute atomic E-state index is 5.60. The number of thioether (sulfide) groups is 1. The number of nitrogen functional groups attached to an aromatic ring is 2. The Morgan fingerprint density at radius 1 is 1.05 bits per heavy atom. The number of ether oxygens (including phenoxy) is 1. The lowest BCUT2D eigenvalue weighted by atomic mass is 10.3. The van der Waals surface area contributed by atoms with E-state index < -0.39 is 0 Å². The average molecular weight is 276 g/mol. The summed E-state index contributed by atoms with van der Waals surface area (Å²) >= 11 is 1.52. The van der Waals surface area contributed by atoms with Crippen LogP contribution in [0.5, 0.6) is 5.75 Å². The van der Waals surface area contributed by atoms with E-state index in [4.69, 9.17) is 16.2 Å². The number of aromatic nitrogens is 2. The first-order chi connectivity index (χ1) is 9.24. The van der Waals surface area contributed by atoms with Gasteiger partial charge in [0.2, 0.25) is 0 Å². The van der Waals surface area contributed by atoms with Gasteiger partial charge in [-0.25, -0.2) is 9.97 Å². The molecule has 5 nitrogen and oxygen atoms in total. The van der Waals surface area contributed by atoms with E-state index in [2.05, 4.69) is 9.97 Å². The van der Waals surface area contributed by atoms with Gasteiger partial charge in [-0.2, -0.15) is 0 Å². The highest BCUT2D eigenvalue weighted by Crippen LogP contribution is 2.17. The Morgan fingerprint density at radius 2 is 1.74 bits per heavy atom. The summed E-state index contributed by atoms with van der Waals surface area (Å²) in [5, 5.41) is 0.609. The van der Waals surface area contributed by atoms with Gasteiger partial charge in [0.1, 0.15) is 17.4 Å². The second-order valence-corrected chi connectivity index (χ2v) is 4.93. The number of hydrogen-bond acceptors (Lipinski definition) is 6. The molecule has 0 saturated carbocycles. The third-order valence-corrected chi connectivity index (χ3v) is 3.21. The first kappa shape index (κ1) is 13.5. The van der Waals surface area contributed by atoms with Gasteiger partial charge < -0.3 is 16.2 Å². The molecule has 4 N–H and O–H groups in total. The summed E-state index contributed by atoms with van der Waals surface area (Å²) in [6.07, 6.45) is 0.900. The molecule has 0 amide bonds. The molecule has 6 heteroatoms. The number of rotatable bonds is 6. The molecular weight excluding hydrogens is 260 g/mol. The molecule has 100 valence electrons. The standard InChI is InChI=1S/C13H16N4OS/c14-11-9-12(15)17-13(16-11)19-8-4-7-18-10-5-2-1-3-6-10/h1-3,5-6,9H,4,7-8H2,(H4,14,15,16,17). The second-order valence-electron chi connectivity index (χ2n) is 3.86. The van der Waals surface area contributed by atoms with Crippen LogP contribution in [0.2, 0.25) is 0 Å². The van der Waals surface area contributed by atoms with E-state index in [0.29, 0.717) is 23.4 Å².